The van der Waals surface area contributed by atoms with Gasteiger partial charge in [-0.2, -0.15) is 0 Å². The van der Waals surface area contributed by atoms with E-state index in [1.165, 1.54) is 51.4 Å². The van der Waals surface area contributed by atoms with Crippen LogP contribution in [0, 0.1) is 0 Å². The summed E-state index contributed by atoms with van der Waals surface area (Å²) in [6, 6.07) is 0. The molecule has 0 spiro atoms. The molecular formula is C15H33BO4. The molecule has 0 aliphatic rings. The van der Waals surface area contributed by atoms with Crippen molar-refractivity contribution in [3.05, 3.63) is 0 Å². The Morgan fingerprint density at radius 1 is 0.800 bits per heavy atom. The second kappa shape index (κ2) is 15.3. The van der Waals surface area contributed by atoms with Crippen LogP contribution in [0.25, 0.3) is 0 Å². The first-order valence-corrected chi connectivity index (χ1v) is 8.33. The maximum absolute atomic E-state index is 8.87. The van der Waals surface area contributed by atoms with Crippen LogP contribution in [0.3, 0.4) is 0 Å². The number of hydrogen-bond donors (Lipinski definition) is 3. The summed E-state index contributed by atoms with van der Waals surface area (Å²) in [5.74, 6) is 0. The van der Waals surface area contributed by atoms with E-state index in [0.29, 0.717) is 6.42 Å². The molecule has 0 saturated heterocycles. The predicted molar refractivity (Wildman–Crippen MR) is 83.2 cm³/mol. The first-order chi connectivity index (χ1) is 9.70. The second-order valence-corrected chi connectivity index (χ2v) is 5.57. The van der Waals surface area contributed by atoms with Crippen molar-refractivity contribution in [2.75, 3.05) is 6.61 Å². The highest BCUT2D eigenvalue weighted by Crippen LogP contribution is 2.14. The highest BCUT2D eigenvalue weighted by Gasteiger charge is 2.17. The van der Waals surface area contributed by atoms with E-state index in [0.717, 1.165) is 19.3 Å². The second-order valence-electron chi connectivity index (χ2n) is 5.57. The van der Waals surface area contributed by atoms with Crippen LogP contribution in [0.1, 0.15) is 84.0 Å². The zero-order valence-electron chi connectivity index (χ0n) is 13.1. The molecule has 0 bridgehead atoms. The van der Waals surface area contributed by atoms with Gasteiger partial charge in [0.2, 0.25) is 0 Å². The summed E-state index contributed by atoms with van der Waals surface area (Å²) in [5.41, 5.74) is 0. The maximum Gasteiger partial charge on any atom is 0.634 e. The zero-order chi connectivity index (χ0) is 15.1. The van der Waals surface area contributed by atoms with Crippen LogP contribution in [0.15, 0.2) is 0 Å². The summed E-state index contributed by atoms with van der Waals surface area (Å²) in [6.07, 6.45) is 13.8. The van der Waals surface area contributed by atoms with Gasteiger partial charge in [-0.1, -0.05) is 71.1 Å². The molecule has 0 radical (unpaired) electrons. The number of rotatable bonds is 15. The molecule has 0 aliphatic heterocycles. The molecule has 3 N–H and O–H groups in total. The minimum Gasteiger partial charge on any atom is -0.402 e. The lowest BCUT2D eigenvalue weighted by atomic mass is 10.0. The van der Waals surface area contributed by atoms with E-state index >= 15 is 0 Å². The summed E-state index contributed by atoms with van der Waals surface area (Å²) in [4.78, 5) is 0. The van der Waals surface area contributed by atoms with Gasteiger partial charge < -0.3 is 19.8 Å². The Balaban J connectivity index is 3.31. The molecule has 0 aromatic heterocycles. The Morgan fingerprint density at radius 2 is 1.30 bits per heavy atom. The number of aliphatic hydroxyl groups excluding tert-OH is 1. The van der Waals surface area contributed by atoms with Crippen molar-refractivity contribution in [1.82, 2.24) is 0 Å². The molecule has 120 valence electrons. The lowest BCUT2D eigenvalue weighted by Gasteiger charge is -2.16. The van der Waals surface area contributed by atoms with Crippen molar-refractivity contribution in [1.29, 1.82) is 0 Å². The van der Waals surface area contributed by atoms with Crippen molar-refractivity contribution in [2.45, 2.75) is 90.1 Å². The summed E-state index contributed by atoms with van der Waals surface area (Å²) >= 11 is 0. The minimum atomic E-state index is -1.73. The molecule has 1 atom stereocenters. The summed E-state index contributed by atoms with van der Waals surface area (Å²) in [5, 5.41) is 26.4. The number of hydrogen-bond acceptors (Lipinski definition) is 4. The minimum absolute atomic E-state index is 0.0230. The average molecular weight is 288 g/mol. The Bertz CT molecular complexity index is 191. The lowest BCUT2D eigenvalue weighted by molar-refractivity contribution is 0.0873. The Kier molecular flexibility index (Phi) is 15.2. The topological polar surface area (TPSA) is 69.9 Å². The molecular weight excluding hydrogens is 255 g/mol. The fourth-order valence-corrected chi connectivity index (χ4v) is 2.46. The molecule has 0 rings (SSSR count). The molecule has 0 aromatic rings. The molecule has 0 saturated carbocycles. The van der Waals surface area contributed by atoms with Crippen LogP contribution in [-0.2, 0) is 4.65 Å². The van der Waals surface area contributed by atoms with Crippen LogP contribution in [0.2, 0.25) is 0 Å². The smallest absolute Gasteiger partial charge is 0.402 e. The van der Waals surface area contributed by atoms with Crippen LogP contribution in [-0.4, -0.2) is 35.2 Å². The summed E-state index contributed by atoms with van der Waals surface area (Å²) in [7, 11) is -1.73. The first-order valence-electron chi connectivity index (χ1n) is 8.33. The van der Waals surface area contributed by atoms with Gasteiger partial charge in [0.05, 0.1) is 0 Å². The van der Waals surface area contributed by atoms with Gasteiger partial charge in [0.1, 0.15) is 0 Å². The standard InChI is InChI=1S/C15H33BO4/c1-2-3-4-5-6-7-8-9-10-11-12-15(13-14-17)20-16(18)19/h15,17-19H,2-14H2,1H3. The van der Waals surface area contributed by atoms with E-state index in [4.69, 9.17) is 19.8 Å². The van der Waals surface area contributed by atoms with E-state index < -0.39 is 7.32 Å². The molecule has 0 aliphatic carbocycles. The predicted octanol–water partition coefficient (Wildman–Crippen LogP) is 3.03. The van der Waals surface area contributed by atoms with Crippen molar-refractivity contribution in [3.63, 3.8) is 0 Å². The fourth-order valence-electron chi connectivity index (χ4n) is 2.46. The molecule has 0 aromatic carbocycles. The molecule has 5 heteroatoms. The van der Waals surface area contributed by atoms with Gasteiger partial charge in [0.15, 0.2) is 0 Å². The van der Waals surface area contributed by atoms with Crippen LogP contribution in [0.4, 0.5) is 0 Å². The van der Waals surface area contributed by atoms with E-state index in [-0.39, 0.29) is 12.7 Å². The van der Waals surface area contributed by atoms with Gasteiger partial charge in [-0.25, -0.2) is 0 Å². The van der Waals surface area contributed by atoms with Crippen molar-refractivity contribution >= 4 is 7.32 Å². The average Bonchev–Trinajstić information content (AvgIpc) is 2.40. The third kappa shape index (κ3) is 14.3. The van der Waals surface area contributed by atoms with Crippen LogP contribution < -0.4 is 0 Å². The molecule has 1 unspecified atom stereocenters. The molecule has 4 nitrogen and oxygen atoms in total. The first kappa shape index (κ1) is 19.9. The van der Waals surface area contributed by atoms with Crippen molar-refractivity contribution in [3.8, 4) is 0 Å². The monoisotopic (exact) mass is 288 g/mol. The van der Waals surface area contributed by atoms with Gasteiger partial charge in [0, 0.05) is 12.7 Å². The van der Waals surface area contributed by atoms with E-state index in [9.17, 15) is 0 Å². The van der Waals surface area contributed by atoms with Gasteiger partial charge in [-0.15, -0.1) is 0 Å². The summed E-state index contributed by atoms with van der Waals surface area (Å²) < 4.78 is 4.92. The third-order valence-electron chi connectivity index (χ3n) is 3.64. The Hall–Kier alpha value is -0.0951. The number of aliphatic hydroxyl groups is 1. The molecule has 20 heavy (non-hydrogen) atoms. The number of unbranched alkanes of at least 4 members (excludes halogenated alkanes) is 9. The Labute approximate surface area is 124 Å². The van der Waals surface area contributed by atoms with Gasteiger partial charge >= 0.3 is 7.32 Å². The van der Waals surface area contributed by atoms with E-state index in [1.54, 1.807) is 0 Å². The Morgan fingerprint density at radius 3 is 1.75 bits per heavy atom. The van der Waals surface area contributed by atoms with Crippen molar-refractivity contribution in [2.24, 2.45) is 0 Å². The third-order valence-corrected chi connectivity index (χ3v) is 3.64. The zero-order valence-corrected chi connectivity index (χ0v) is 13.1. The highest BCUT2D eigenvalue weighted by molar-refractivity contribution is 6.32. The quantitative estimate of drug-likeness (QED) is 0.320. The molecule has 0 heterocycles. The van der Waals surface area contributed by atoms with Gasteiger partial charge in [-0.05, 0) is 12.8 Å². The fraction of sp³-hybridized carbons (Fsp3) is 1.00. The van der Waals surface area contributed by atoms with Crippen LogP contribution >= 0.6 is 0 Å². The normalized spacial score (nSPS) is 12.6. The van der Waals surface area contributed by atoms with E-state index in [1.807, 2.05) is 0 Å². The molecule has 0 amide bonds. The largest absolute Gasteiger partial charge is 0.634 e. The maximum atomic E-state index is 8.87. The highest BCUT2D eigenvalue weighted by atomic mass is 16.6. The van der Waals surface area contributed by atoms with Gasteiger partial charge in [-0.3, -0.25) is 0 Å². The van der Waals surface area contributed by atoms with Crippen molar-refractivity contribution < 1.29 is 19.8 Å². The lowest BCUT2D eigenvalue weighted by Crippen LogP contribution is -2.26. The van der Waals surface area contributed by atoms with E-state index in [2.05, 4.69) is 6.92 Å². The van der Waals surface area contributed by atoms with Gasteiger partial charge in [0.25, 0.3) is 0 Å². The SMILES string of the molecule is CCCCCCCCCCCCC(CCO)OB(O)O. The van der Waals surface area contributed by atoms with Crippen LogP contribution in [0.5, 0.6) is 0 Å². The summed E-state index contributed by atoms with van der Waals surface area (Å²) in [6.45, 7) is 2.26. The molecule has 0 fully saturated rings.